The number of likely N-dealkylation sites (N-methyl/N-ethyl adjacent to an activating group) is 1. The van der Waals surface area contributed by atoms with E-state index >= 15 is 0 Å². The SMILES string of the molecule is CCNCC(=O)NC(c1ccccc1)c1ccco1. The zero-order valence-electron chi connectivity index (χ0n) is 10.9. The lowest BCUT2D eigenvalue weighted by atomic mass is 10.0. The highest BCUT2D eigenvalue weighted by atomic mass is 16.3. The van der Waals surface area contributed by atoms with Crippen LogP contribution in [0.3, 0.4) is 0 Å². The largest absolute Gasteiger partial charge is 0.467 e. The molecule has 19 heavy (non-hydrogen) atoms. The van der Waals surface area contributed by atoms with Gasteiger partial charge in [0.25, 0.3) is 0 Å². The van der Waals surface area contributed by atoms with Gasteiger partial charge in [-0.25, -0.2) is 0 Å². The zero-order valence-corrected chi connectivity index (χ0v) is 10.9. The molecule has 4 nitrogen and oxygen atoms in total. The molecule has 1 atom stereocenters. The van der Waals surface area contributed by atoms with E-state index in [9.17, 15) is 4.79 Å². The molecule has 0 saturated carbocycles. The first-order valence-electron chi connectivity index (χ1n) is 6.39. The molecule has 1 heterocycles. The average Bonchev–Trinajstić information content (AvgIpc) is 2.97. The Morgan fingerprint density at radius 2 is 2.00 bits per heavy atom. The predicted molar refractivity (Wildman–Crippen MR) is 73.7 cm³/mol. The van der Waals surface area contributed by atoms with E-state index in [1.54, 1.807) is 6.26 Å². The molecule has 4 heteroatoms. The van der Waals surface area contributed by atoms with Gasteiger partial charge in [0.2, 0.25) is 5.91 Å². The summed E-state index contributed by atoms with van der Waals surface area (Å²) in [6.45, 7) is 3.04. The number of rotatable bonds is 6. The highest BCUT2D eigenvalue weighted by Crippen LogP contribution is 2.21. The lowest BCUT2D eigenvalue weighted by molar-refractivity contribution is -0.120. The molecule has 0 radical (unpaired) electrons. The first-order valence-corrected chi connectivity index (χ1v) is 6.39. The maximum absolute atomic E-state index is 11.9. The van der Waals surface area contributed by atoms with Crippen LogP contribution in [0, 0.1) is 0 Å². The van der Waals surface area contributed by atoms with E-state index in [-0.39, 0.29) is 11.9 Å². The van der Waals surface area contributed by atoms with Crippen LogP contribution < -0.4 is 10.6 Å². The lowest BCUT2D eigenvalue weighted by Gasteiger charge is -2.17. The van der Waals surface area contributed by atoms with Gasteiger partial charge in [0, 0.05) is 0 Å². The van der Waals surface area contributed by atoms with E-state index in [0.717, 1.165) is 17.9 Å². The van der Waals surface area contributed by atoms with Crippen LogP contribution in [0.5, 0.6) is 0 Å². The number of carbonyl (C=O) groups is 1. The van der Waals surface area contributed by atoms with Crippen molar-refractivity contribution in [2.24, 2.45) is 0 Å². The van der Waals surface area contributed by atoms with Crippen molar-refractivity contribution in [3.63, 3.8) is 0 Å². The Hall–Kier alpha value is -2.07. The van der Waals surface area contributed by atoms with Gasteiger partial charge >= 0.3 is 0 Å². The zero-order chi connectivity index (χ0) is 13.5. The standard InChI is InChI=1S/C15H18N2O2/c1-2-16-11-14(18)17-15(13-9-6-10-19-13)12-7-4-3-5-8-12/h3-10,15-16H,2,11H2,1H3,(H,17,18). The Morgan fingerprint density at radius 1 is 1.21 bits per heavy atom. The third-order valence-electron chi connectivity index (χ3n) is 2.80. The first-order chi connectivity index (χ1) is 9.31. The molecule has 0 fully saturated rings. The van der Waals surface area contributed by atoms with Gasteiger partial charge in [-0.3, -0.25) is 4.79 Å². The molecule has 1 amide bonds. The van der Waals surface area contributed by atoms with Gasteiger partial charge in [-0.2, -0.15) is 0 Å². The van der Waals surface area contributed by atoms with Gasteiger partial charge < -0.3 is 15.1 Å². The van der Waals surface area contributed by atoms with Gasteiger partial charge in [-0.1, -0.05) is 37.3 Å². The summed E-state index contributed by atoms with van der Waals surface area (Å²) in [7, 11) is 0. The molecule has 2 aromatic rings. The number of hydrogen-bond donors (Lipinski definition) is 2. The van der Waals surface area contributed by atoms with Crippen LogP contribution in [0.1, 0.15) is 24.3 Å². The van der Waals surface area contributed by atoms with Crippen LogP contribution in [0.2, 0.25) is 0 Å². The molecule has 0 aliphatic carbocycles. The fourth-order valence-electron chi connectivity index (χ4n) is 1.87. The van der Waals surface area contributed by atoms with Crippen LogP contribution in [0.25, 0.3) is 0 Å². The molecule has 1 aromatic carbocycles. The molecule has 0 aliphatic rings. The van der Waals surface area contributed by atoms with Crippen LogP contribution >= 0.6 is 0 Å². The molecule has 1 aromatic heterocycles. The van der Waals surface area contributed by atoms with Crippen LogP contribution in [0.4, 0.5) is 0 Å². The van der Waals surface area contributed by atoms with E-state index in [1.807, 2.05) is 49.4 Å². The Kier molecular flexibility index (Phi) is 4.75. The first kappa shape index (κ1) is 13.4. The topological polar surface area (TPSA) is 54.3 Å². The fourth-order valence-corrected chi connectivity index (χ4v) is 1.87. The minimum Gasteiger partial charge on any atom is -0.467 e. The number of nitrogens with one attached hydrogen (secondary N) is 2. The number of amides is 1. The average molecular weight is 258 g/mol. The van der Waals surface area contributed by atoms with Crippen molar-refractivity contribution in [3.05, 3.63) is 60.1 Å². The van der Waals surface area contributed by atoms with Gasteiger partial charge in [-0.05, 0) is 24.2 Å². The fraction of sp³-hybridized carbons (Fsp3) is 0.267. The second kappa shape index (κ2) is 6.75. The molecular formula is C15H18N2O2. The van der Waals surface area contributed by atoms with Crippen molar-refractivity contribution in [3.8, 4) is 0 Å². The summed E-state index contributed by atoms with van der Waals surface area (Å²) in [5.41, 5.74) is 1.00. The smallest absolute Gasteiger partial charge is 0.234 e. The molecule has 2 rings (SSSR count). The molecule has 0 bridgehead atoms. The van der Waals surface area contributed by atoms with Crippen molar-refractivity contribution >= 4 is 5.91 Å². The second-order valence-corrected chi connectivity index (χ2v) is 4.21. The molecule has 0 aliphatic heterocycles. The summed E-state index contributed by atoms with van der Waals surface area (Å²) >= 11 is 0. The van der Waals surface area contributed by atoms with Crippen molar-refractivity contribution < 1.29 is 9.21 Å². The van der Waals surface area contributed by atoms with Crippen molar-refractivity contribution in [2.75, 3.05) is 13.1 Å². The summed E-state index contributed by atoms with van der Waals surface area (Å²) in [5.74, 6) is 0.683. The highest BCUT2D eigenvalue weighted by molar-refractivity contribution is 5.78. The number of benzene rings is 1. The Morgan fingerprint density at radius 3 is 2.63 bits per heavy atom. The molecule has 100 valence electrons. The van der Waals surface area contributed by atoms with Crippen molar-refractivity contribution in [2.45, 2.75) is 13.0 Å². The minimum absolute atomic E-state index is 0.0490. The summed E-state index contributed by atoms with van der Waals surface area (Å²) in [4.78, 5) is 11.9. The second-order valence-electron chi connectivity index (χ2n) is 4.21. The van der Waals surface area contributed by atoms with Gasteiger partial charge in [-0.15, -0.1) is 0 Å². The molecule has 0 saturated heterocycles. The van der Waals surface area contributed by atoms with Crippen molar-refractivity contribution in [1.82, 2.24) is 10.6 Å². The predicted octanol–water partition coefficient (Wildman–Crippen LogP) is 2.09. The maximum Gasteiger partial charge on any atom is 0.234 e. The highest BCUT2D eigenvalue weighted by Gasteiger charge is 2.18. The van der Waals surface area contributed by atoms with Gasteiger partial charge in [0.1, 0.15) is 11.8 Å². The van der Waals surface area contributed by atoms with E-state index in [1.165, 1.54) is 0 Å². The molecule has 2 N–H and O–H groups in total. The molecule has 0 spiro atoms. The van der Waals surface area contributed by atoms with E-state index in [4.69, 9.17) is 4.42 Å². The quantitative estimate of drug-likeness (QED) is 0.834. The summed E-state index contributed by atoms with van der Waals surface area (Å²) in [6, 6.07) is 13.2. The third-order valence-corrected chi connectivity index (χ3v) is 2.80. The number of carbonyl (C=O) groups excluding carboxylic acids is 1. The van der Waals surface area contributed by atoms with Crippen LogP contribution in [0.15, 0.2) is 53.1 Å². The Labute approximate surface area is 112 Å². The third kappa shape index (κ3) is 3.69. The minimum atomic E-state index is -0.248. The Bertz CT molecular complexity index is 494. The van der Waals surface area contributed by atoms with E-state index < -0.39 is 0 Å². The molecular weight excluding hydrogens is 240 g/mol. The summed E-state index contributed by atoms with van der Waals surface area (Å²) in [5, 5.41) is 5.98. The summed E-state index contributed by atoms with van der Waals surface area (Å²) in [6.07, 6.45) is 1.61. The maximum atomic E-state index is 11.9. The Balaban J connectivity index is 2.14. The van der Waals surface area contributed by atoms with Crippen LogP contribution in [-0.2, 0) is 4.79 Å². The van der Waals surface area contributed by atoms with Gasteiger partial charge in [0.05, 0.1) is 12.8 Å². The normalized spacial score (nSPS) is 12.1. The van der Waals surface area contributed by atoms with E-state index in [0.29, 0.717) is 6.54 Å². The van der Waals surface area contributed by atoms with Crippen molar-refractivity contribution in [1.29, 1.82) is 0 Å². The number of furan rings is 1. The monoisotopic (exact) mass is 258 g/mol. The molecule has 1 unspecified atom stereocenters. The van der Waals surface area contributed by atoms with E-state index in [2.05, 4.69) is 10.6 Å². The lowest BCUT2D eigenvalue weighted by Crippen LogP contribution is -2.36. The summed E-state index contributed by atoms with van der Waals surface area (Å²) < 4.78 is 5.42. The van der Waals surface area contributed by atoms with Crippen LogP contribution in [-0.4, -0.2) is 19.0 Å². The number of hydrogen-bond acceptors (Lipinski definition) is 3. The van der Waals surface area contributed by atoms with Gasteiger partial charge in [0.15, 0.2) is 0 Å².